The zero-order valence-electron chi connectivity index (χ0n) is 29.0. The summed E-state index contributed by atoms with van der Waals surface area (Å²) in [5.74, 6) is 1.20. The van der Waals surface area contributed by atoms with Crippen molar-refractivity contribution in [2.24, 2.45) is 0 Å². The third-order valence-electron chi connectivity index (χ3n) is 9.66. The third-order valence-corrected chi connectivity index (χ3v) is 18.7. The molecule has 0 bridgehead atoms. The van der Waals surface area contributed by atoms with Gasteiger partial charge < -0.3 is 0 Å². The summed E-state index contributed by atoms with van der Waals surface area (Å²) in [4.78, 5) is 10.1. The fourth-order valence-electron chi connectivity index (χ4n) is 6.96. The summed E-state index contributed by atoms with van der Waals surface area (Å²) in [6.45, 7) is 4.63. The molecule has 0 aliphatic heterocycles. The van der Waals surface area contributed by atoms with E-state index in [-0.39, 0.29) is 0 Å². The van der Waals surface area contributed by atoms with E-state index in [0.29, 0.717) is 0 Å². The predicted molar refractivity (Wildman–Crippen MR) is 237 cm³/mol. The Labute approximate surface area is 325 Å². The van der Waals surface area contributed by atoms with Crippen molar-refractivity contribution in [1.29, 1.82) is 0 Å². The molecular weight excluding hydrogens is 741 g/mol. The van der Waals surface area contributed by atoms with Gasteiger partial charge >= 0.3 is 0 Å². The summed E-state index contributed by atoms with van der Waals surface area (Å²) < 4.78 is 8.52. The first kappa shape index (κ1) is 35.1. The Hall–Kier alpha value is -1.97. The highest BCUT2D eigenvalue weighted by Gasteiger charge is 2.21. The highest BCUT2D eigenvalue weighted by Crippen LogP contribution is 2.52. The van der Waals surface area contributed by atoms with Gasteiger partial charge in [0.2, 0.25) is 0 Å². The first-order chi connectivity index (χ1) is 24.7. The van der Waals surface area contributed by atoms with Crippen LogP contribution >= 0.6 is 79.8 Å². The second-order valence-corrected chi connectivity index (χ2v) is 21.0. The Morgan fingerprint density at radius 1 is 0.460 bits per heavy atom. The summed E-state index contributed by atoms with van der Waals surface area (Å²) in [7, 11) is 0. The summed E-state index contributed by atoms with van der Waals surface area (Å²) in [6, 6.07) is 27.6. The van der Waals surface area contributed by atoms with Gasteiger partial charge in [0, 0.05) is 58.9 Å². The van der Waals surface area contributed by atoms with Gasteiger partial charge in [-0.3, -0.25) is 0 Å². The lowest BCUT2D eigenvalue weighted by molar-refractivity contribution is 0.548. The predicted octanol–water partition coefficient (Wildman–Crippen LogP) is 17.8. The molecule has 8 aromatic rings. The van der Waals surface area contributed by atoms with Gasteiger partial charge in [-0.1, -0.05) is 114 Å². The van der Waals surface area contributed by atoms with Crippen LogP contribution in [-0.4, -0.2) is 5.75 Å². The van der Waals surface area contributed by atoms with Crippen LogP contribution in [0, 0.1) is 6.92 Å². The molecular formula is C43H44S7. The molecule has 50 heavy (non-hydrogen) atoms. The molecule has 7 heteroatoms. The molecule has 0 amide bonds. The van der Waals surface area contributed by atoms with Crippen molar-refractivity contribution in [2.75, 3.05) is 5.75 Å². The monoisotopic (exact) mass is 784 g/mol. The van der Waals surface area contributed by atoms with Crippen LogP contribution in [0.3, 0.4) is 0 Å². The van der Waals surface area contributed by atoms with Crippen molar-refractivity contribution in [3.05, 3.63) is 78.4 Å². The minimum absolute atomic E-state index is 1.20. The van der Waals surface area contributed by atoms with E-state index in [9.17, 15) is 0 Å². The van der Waals surface area contributed by atoms with Crippen LogP contribution in [0.15, 0.2) is 77.7 Å². The van der Waals surface area contributed by atoms with Crippen LogP contribution in [0.2, 0.25) is 0 Å². The number of benzene rings is 2. The van der Waals surface area contributed by atoms with Crippen molar-refractivity contribution in [3.8, 4) is 29.3 Å². The first-order valence-electron chi connectivity index (χ1n) is 18.4. The van der Waals surface area contributed by atoms with Crippen molar-refractivity contribution < 1.29 is 0 Å². The fourth-order valence-corrected chi connectivity index (χ4v) is 16.0. The summed E-state index contributed by atoms with van der Waals surface area (Å²) in [5, 5.41) is 2.81. The maximum absolute atomic E-state index is 2.52. The van der Waals surface area contributed by atoms with E-state index < -0.39 is 0 Å². The Bertz CT molecular complexity index is 2330. The molecule has 0 saturated heterocycles. The lowest BCUT2D eigenvalue weighted by Gasteiger charge is -2.04. The van der Waals surface area contributed by atoms with E-state index in [1.807, 2.05) is 68.0 Å². The van der Waals surface area contributed by atoms with Gasteiger partial charge in [-0.05, 0) is 61.1 Å². The van der Waals surface area contributed by atoms with Crippen LogP contribution in [0.4, 0.5) is 0 Å². The molecule has 258 valence electrons. The van der Waals surface area contributed by atoms with E-state index in [2.05, 4.69) is 98.4 Å². The van der Waals surface area contributed by atoms with Crippen molar-refractivity contribution >= 4 is 119 Å². The highest BCUT2D eigenvalue weighted by molar-refractivity contribution is 7.99. The second kappa shape index (κ2) is 16.4. The van der Waals surface area contributed by atoms with E-state index in [1.165, 1.54) is 161 Å². The smallest absolute Gasteiger partial charge is 0.0588 e. The molecule has 0 fully saturated rings. The maximum atomic E-state index is 2.52. The normalized spacial score (nSPS) is 12.1. The summed E-state index contributed by atoms with van der Waals surface area (Å²) >= 11 is 13.9. The van der Waals surface area contributed by atoms with E-state index >= 15 is 0 Å². The molecule has 6 heterocycles. The van der Waals surface area contributed by atoms with E-state index in [4.69, 9.17) is 0 Å². The minimum atomic E-state index is 1.20. The van der Waals surface area contributed by atoms with Gasteiger partial charge in [-0.25, -0.2) is 0 Å². The molecule has 6 aromatic heterocycles. The number of hydrogen-bond acceptors (Lipinski definition) is 7. The lowest BCUT2D eigenvalue weighted by atomic mass is 10.1. The largest absolute Gasteiger partial charge is 0.134 e. The quantitative estimate of drug-likeness (QED) is 0.0655. The van der Waals surface area contributed by atoms with Crippen molar-refractivity contribution in [3.63, 3.8) is 0 Å². The van der Waals surface area contributed by atoms with Gasteiger partial charge in [0.1, 0.15) is 0 Å². The number of hydrogen-bond donors (Lipinski definition) is 0. The zero-order chi connectivity index (χ0) is 33.9. The number of aryl methyl sites for hydroxylation is 1. The van der Waals surface area contributed by atoms with Crippen molar-refractivity contribution in [1.82, 2.24) is 0 Å². The summed E-state index contributed by atoms with van der Waals surface area (Å²) in [6.07, 6.45) is 16.8. The number of thioether (sulfide) groups is 1. The molecule has 0 nitrogen and oxygen atoms in total. The fraction of sp³-hybridized carbons (Fsp3) is 0.349. The Morgan fingerprint density at radius 3 is 1.52 bits per heavy atom. The van der Waals surface area contributed by atoms with E-state index in [0.717, 1.165) is 0 Å². The Balaban J connectivity index is 0.991. The minimum Gasteiger partial charge on any atom is -0.134 e. The standard InChI is InChI=1S/C43H44S7/c1-3-4-5-6-7-8-9-10-11-12-13-18-23-44-37-25-34(36-27-39-42(49-36)30-20-15-17-22-32(30)46-39)50-43(37)40-28(2)24-33(47-40)35-26-38-41(48-35)29-19-14-16-21-31(29)45-38/h14-17,19-22,24-27H,3-13,18,23H2,1-2H3. The maximum Gasteiger partial charge on any atom is 0.0588 e. The lowest BCUT2D eigenvalue weighted by Crippen LogP contribution is -1.84. The highest BCUT2D eigenvalue weighted by atomic mass is 32.2. The van der Waals surface area contributed by atoms with Crippen LogP contribution in [0.1, 0.15) is 89.5 Å². The van der Waals surface area contributed by atoms with E-state index in [1.54, 1.807) is 0 Å². The molecule has 0 N–H and O–H groups in total. The SMILES string of the molecule is CCCCCCCCCCCCCCSc1cc(-c2cc3sc4ccccc4c3s2)sc1-c1sc(-c2cc3sc4ccccc4c3s2)cc1C. The topological polar surface area (TPSA) is 0 Å². The van der Waals surface area contributed by atoms with Crippen LogP contribution < -0.4 is 0 Å². The van der Waals surface area contributed by atoms with Gasteiger partial charge in [-0.2, -0.15) is 0 Å². The van der Waals surface area contributed by atoms with Crippen LogP contribution in [0.25, 0.3) is 68.2 Å². The first-order valence-corrected chi connectivity index (χ1v) is 24.2. The number of unbranched alkanes of at least 4 members (excludes halogenated alkanes) is 11. The van der Waals surface area contributed by atoms with Crippen molar-refractivity contribution in [2.45, 2.75) is 95.8 Å². The molecule has 2 aromatic carbocycles. The molecule has 8 rings (SSSR count). The average molecular weight is 785 g/mol. The second-order valence-electron chi connectivity index (χ2n) is 13.5. The molecule has 0 atom stereocenters. The molecule has 0 aliphatic rings. The van der Waals surface area contributed by atoms with Crippen LogP contribution in [0.5, 0.6) is 0 Å². The van der Waals surface area contributed by atoms with Gasteiger partial charge in [-0.15, -0.1) is 79.8 Å². The molecule has 0 unspecified atom stereocenters. The average Bonchev–Trinajstić information content (AvgIpc) is 3.96. The summed E-state index contributed by atoms with van der Waals surface area (Å²) in [5.41, 5.74) is 1.41. The Kier molecular flexibility index (Phi) is 11.5. The molecule has 0 spiro atoms. The third kappa shape index (κ3) is 7.57. The van der Waals surface area contributed by atoms with Gasteiger partial charge in [0.25, 0.3) is 0 Å². The number of rotatable bonds is 17. The molecule has 0 radical (unpaired) electrons. The molecule has 0 aliphatic carbocycles. The molecule has 0 saturated carbocycles. The van der Waals surface area contributed by atoms with Gasteiger partial charge in [0.05, 0.1) is 14.3 Å². The van der Waals surface area contributed by atoms with Crippen LogP contribution in [-0.2, 0) is 0 Å². The Morgan fingerprint density at radius 2 is 0.940 bits per heavy atom. The van der Waals surface area contributed by atoms with Gasteiger partial charge in [0.15, 0.2) is 0 Å². The number of fused-ring (bicyclic) bond motifs is 6. The number of thiophene rings is 6. The zero-order valence-corrected chi connectivity index (χ0v) is 34.7.